The first-order valence-electron chi connectivity index (χ1n) is 8.69. The highest BCUT2D eigenvalue weighted by Crippen LogP contribution is 2.25. The van der Waals surface area contributed by atoms with E-state index in [0.29, 0.717) is 22.8 Å². The Morgan fingerprint density at radius 1 is 1.11 bits per heavy atom. The van der Waals surface area contributed by atoms with Crippen LogP contribution in [0.25, 0.3) is 0 Å². The number of carbonyl (C=O) groups is 1. The van der Waals surface area contributed by atoms with Gasteiger partial charge in [-0.2, -0.15) is 0 Å². The predicted molar refractivity (Wildman–Crippen MR) is 112 cm³/mol. The lowest BCUT2D eigenvalue weighted by Gasteiger charge is -2.25. The molecule has 0 aliphatic carbocycles. The van der Waals surface area contributed by atoms with Gasteiger partial charge in [0.25, 0.3) is 0 Å². The van der Waals surface area contributed by atoms with Crippen molar-refractivity contribution in [2.45, 2.75) is 33.6 Å². The molecule has 7 heteroatoms. The fourth-order valence-electron chi connectivity index (χ4n) is 2.80. The lowest BCUT2D eigenvalue weighted by atomic mass is 10.1. The Kier molecular flexibility index (Phi) is 6.89. The average Bonchev–Trinajstić information content (AvgIpc) is 2.57. The molecule has 0 aromatic heterocycles. The number of sulfonamides is 1. The van der Waals surface area contributed by atoms with Gasteiger partial charge in [0, 0.05) is 23.7 Å². The van der Waals surface area contributed by atoms with Crippen LogP contribution in [-0.2, 0) is 14.8 Å². The van der Waals surface area contributed by atoms with Gasteiger partial charge in [0.15, 0.2) is 0 Å². The molecule has 0 aliphatic rings. The topological polar surface area (TPSA) is 66.5 Å². The highest BCUT2D eigenvalue weighted by atomic mass is 35.5. The highest BCUT2D eigenvalue weighted by Gasteiger charge is 2.20. The van der Waals surface area contributed by atoms with Crippen molar-refractivity contribution in [1.82, 2.24) is 0 Å². The summed E-state index contributed by atoms with van der Waals surface area (Å²) >= 11 is 5.97. The molecule has 0 atom stereocenters. The van der Waals surface area contributed by atoms with Crippen molar-refractivity contribution in [2.75, 3.05) is 22.4 Å². The highest BCUT2D eigenvalue weighted by molar-refractivity contribution is 7.92. The number of amides is 1. The minimum absolute atomic E-state index is 0.171. The second-order valence-corrected chi connectivity index (χ2v) is 9.01. The number of anilines is 2. The van der Waals surface area contributed by atoms with Crippen LogP contribution < -0.4 is 9.62 Å². The summed E-state index contributed by atoms with van der Waals surface area (Å²) in [5.74, 6) is -0.171. The van der Waals surface area contributed by atoms with E-state index >= 15 is 0 Å². The van der Waals surface area contributed by atoms with Gasteiger partial charge in [-0.25, -0.2) is 8.42 Å². The monoisotopic (exact) mass is 408 g/mol. The van der Waals surface area contributed by atoms with E-state index in [1.165, 1.54) is 10.6 Å². The molecule has 0 saturated carbocycles. The van der Waals surface area contributed by atoms with Crippen LogP contribution in [0, 0.1) is 20.8 Å². The van der Waals surface area contributed by atoms with E-state index < -0.39 is 10.0 Å². The Morgan fingerprint density at radius 2 is 1.81 bits per heavy atom. The number of benzene rings is 2. The van der Waals surface area contributed by atoms with Gasteiger partial charge in [0.2, 0.25) is 15.9 Å². The third kappa shape index (κ3) is 5.71. The molecule has 2 aromatic carbocycles. The molecule has 0 spiro atoms. The largest absolute Gasteiger partial charge is 0.326 e. The van der Waals surface area contributed by atoms with Gasteiger partial charge in [-0.3, -0.25) is 9.10 Å². The molecule has 0 aliphatic heterocycles. The fraction of sp³-hybridized carbons (Fsp3) is 0.350. The number of nitrogens with zero attached hydrogens (tertiary/aromatic N) is 1. The maximum absolute atomic E-state index is 12.3. The molecule has 0 radical (unpaired) electrons. The first-order valence-corrected chi connectivity index (χ1v) is 10.9. The van der Waals surface area contributed by atoms with Crippen LogP contribution in [0.1, 0.15) is 29.5 Å². The fourth-order valence-corrected chi connectivity index (χ4v) is 3.98. The number of hydrogen-bond donors (Lipinski definition) is 1. The summed E-state index contributed by atoms with van der Waals surface area (Å²) in [5, 5.41) is 3.38. The zero-order valence-electron chi connectivity index (χ0n) is 16.0. The van der Waals surface area contributed by atoms with E-state index in [9.17, 15) is 13.2 Å². The van der Waals surface area contributed by atoms with Crippen molar-refractivity contribution in [2.24, 2.45) is 0 Å². The molecular formula is C20H25ClN2O3S. The van der Waals surface area contributed by atoms with Crippen molar-refractivity contribution in [3.63, 3.8) is 0 Å². The molecule has 0 bridgehead atoms. The maximum Gasteiger partial charge on any atom is 0.232 e. The maximum atomic E-state index is 12.3. The van der Waals surface area contributed by atoms with Gasteiger partial charge >= 0.3 is 0 Å². The molecule has 1 amide bonds. The summed E-state index contributed by atoms with van der Waals surface area (Å²) in [7, 11) is -3.44. The Bertz CT molecular complexity index is 942. The normalized spacial score (nSPS) is 11.3. The lowest BCUT2D eigenvalue weighted by molar-refractivity contribution is -0.116. The number of aryl methyl sites for hydroxylation is 2. The molecule has 27 heavy (non-hydrogen) atoms. The summed E-state index contributed by atoms with van der Waals surface area (Å²) in [6, 6.07) is 10.9. The minimum atomic E-state index is -3.44. The van der Waals surface area contributed by atoms with Crippen LogP contribution in [0.15, 0.2) is 36.4 Å². The number of hydrogen-bond acceptors (Lipinski definition) is 3. The van der Waals surface area contributed by atoms with Crippen molar-refractivity contribution in [3.05, 3.63) is 58.1 Å². The molecule has 146 valence electrons. The van der Waals surface area contributed by atoms with Crippen molar-refractivity contribution >= 4 is 38.9 Å². The zero-order valence-corrected chi connectivity index (χ0v) is 17.6. The molecular weight excluding hydrogens is 384 g/mol. The van der Waals surface area contributed by atoms with Crippen LogP contribution in [-0.4, -0.2) is 27.1 Å². The summed E-state index contributed by atoms with van der Waals surface area (Å²) < 4.78 is 25.9. The van der Waals surface area contributed by atoms with E-state index in [-0.39, 0.29) is 18.9 Å². The molecule has 0 saturated heterocycles. The Balaban J connectivity index is 2.05. The van der Waals surface area contributed by atoms with Crippen molar-refractivity contribution in [3.8, 4) is 0 Å². The second kappa shape index (κ2) is 8.76. The lowest BCUT2D eigenvalue weighted by Crippen LogP contribution is -2.32. The quantitative estimate of drug-likeness (QED) is 0.735. The smallest absolute Gasteiger partial charge is 0.232 e. The molecule has 0 fully saturated rings. The van der Waals surface area contributed by atoms with Gasteiger partial charge in [-0.1, -0.05) is 29.8 Å². The summed E-state index contributed by atoms with van der Waals surface area (Å²) in [6.45, 7) is 5.97. The van der Waals surface area contributed by atoms with Crippen molar-refractivity contribution < 1.29 is 13.2 Å². The summed E-state index contributed by atoms with van der Waals surface area (Å²) in [4.78, 5) is 12.2. The van der Waals surface area contributed by atoms with E-state index in [4.69, 9.17) is 11.6 Å². The molecule has 5 nitrogen and oxygen atoms in total. The average molecular weight is 409 g/mol. The molecule has 1 N–H and O–H groups in total. The van der Waals surface area contributed by atoms with Crippen LogP contribution in [0.2, 0.25) is 5.02 Å². The van der Waals surface area contributed by atoms with Gasteiger partial charge in [0.1, 0.15) is 0 Å². The SMILES string of the molecule is Cc1ccc(Cl)cc1NC(=O)CCCN(c1cccc(C)c1C)S(C)(=O)=O. The van der Waals surface area contributed by atoms with Gasteiger partial charge in [0.05, 0.1) is 11.9 Å². The number of halogens is 1. The number of carbonyl (C=O) groups excluding carboxylic acids is 1. The Hall–Kier alpha value is -2.05. The van der Waals surface area contributed by atoms with E-state index in [1.54, 1.807) is 18.2 Å². The summed E-state index contributed by atoms with van der Waals surface area (Å²) in [6.07, 6.45) is 1.80. The minimum Gasteiger partial charge on any atom is -0.326 e. The molecule has 0 unspecified atom stereocenters. The molecule has 2 rings (SSSR count). The van der Waals surface area contributed by atoms with E-state index in [1.807, 2.05) is 39.0 Å². The number of rotatable bonds is 7. The Labute approximate surface area is 166 Å². The molecule has 0 heterocycles. The third-order valence-electron chi connectivity index (χ3n) is 4.48. The van der Waals surface area contributed by atoms with Crippen molar-refractivity contribution in [1.29, 1.82) is 0 Å². The van der Waals surface area contributed by atoms with Gasteiger partial charge in [-0.15, -0.1) is 0 Å². The predicted octanol–water partition coefficient (Wildman–Crippen LogP) is 4.45. The van der Waals surface area contributed by atoms with Gasteiger partial charge < -0.3 is 5.32 Å². The first-order chi connectivity index (χ1) is 12.6. The van der Waals surface area contributed by atoms with E-state index in [0.717, 1.165) is 16.7 Å². The third-order valence-corrected chi connectivity index (χ3v) is 5.90. The summed E-state index contributed by atoms with van der Waals surface area (Å²) in [5.41, 5.74) is 4.18. The Morgan fingerprint density at radius 3 is 2.48 bits per heavy atom. The second-order valence-electron chi connectivity index (χ2n) is 6.67. The van der Waals surface area contributed by atoms with Gasteiger partial charge in [-0.05, 0) is 62.1 Å². The van der Waals surface area contributed by atoms with Crippen LogP contribution in [0.4, 0.5) is 11.4 Å². The molecule has 2 aromatic rings. The van der Waals surface area contributed by atoms with Crippen LogP contribution in [0.5, 0.6) is 0 Å². The first kappa shape index (κ1) is 21.3. The van der Waals surface area contributed by atoms with Crippen LogP contribution >= 0.6 is 11.6 Å². The number of nitrogens with one attached hydrogen (secondary N) is 1. The standard InChI is InChI=1S/C20H25ClN2O3S/c1-14-7-5-8-19(16(14)3)23(27(4,25)26)12-6-9-20(24)22-18-13-17(21)11-10-15(18)2/h5,7-8,10-11,13H,6,9,12H2,1-4H3,(H,22,24). The van der Waals surface area contributed by atoms with E-state index in [2.05, 4.69) is 5.32 Å². The zero-order chi connectivity index (χ0) is 20.2. The van der Waals surface area contributed by atoms with Crippen LogP contribution in [0.3, 0.4) is 0 Å².